The van der Waals surface area contributed by atoms with Gasteiger partial charge in [-0.05, 0) is 44.2 Å². The molecule has 2 aromatic carbocycles. The third-order valence-electron chi connectivity index (χ3n) is 4.66. The van der Waals surface area contributed by atoms with Crippen molar-refractivity contribution in [3.05, 3.63) is 54.1 Å². The molecule has 0 bridgehead atoms. The molecule has 0 aliphatic carbocycles. The third-order valence-corrected chi connectivity index (χ3v) is 4.66. The number of hydrogen-bond donors (Lipinski definition) is 1. The molecular formula is C22H26N2O4. The summed E-state index contributed by atoms with van der Waals surface area (Å²) in [6.45, 7) is 4.67. The Morgan fingerprint density at radius 3 is 2.57 bits per heavy atom. The maximum absolute atomic E-state index is 12.6. The van der Waals surface area contributed by atoms with Gasteiger partial charge in [0, 0.05) is 30.8 Å². The van der Waals surface area contributed by atoms with Gasteiger partial charge in [0.15, 0.2) is 0 Å². The number of methoxy groups -OCH3 is 1. The highest BCUT2D eigenvalue weighted by Gasteiger charge is 2.35. The van der Waals surface area contributed by atoms with Crippen LogP contribution in [0.15, 0.2) is 48.5 Å². The van der Waals surface area contributed by atoms with E-state index in [4.69, 9.17) is 9.47 Å². The van der Waals surface area contributed by atoms with E-state index < -0.39 is 0 Å². The summed E-state index contributed by atoms with van der Waals surface area (Å²) >= 11 is 0. The van der Waals surface area contributed by atoms with Crippen LogP contribution in [-0.4, -0.2) is 31.6 Å². The smallest absolute Gasteiger partial charge is 0.227 e. The first-order valence-corrected chi connectivity index (χ1v) is 9.44. The number of benzene rings is 2. The standard InChI is InChI=1S/C22H26N2O4/c1-15(2)28-19-10-8-18(9-11-19)24-14-17(12-21(24)25)22(26)23-13-16-6-4-5-7-20(16)27-3/h4-11,15,17H,12-14H2,1-3H3,(H,23,26)/t17-/m0/s1. The van der Waals surface area contributed by atoms with E-state index in [0.29, 0.717) is 13.1 Å². The highest BCUT2D eigenvalue weighted by Crippen LogP contribution is 2.27. The van der Waals surface area contributed by atoms with Gasteiger partial charge in [-0.3, -0.25) is 9.59 Å². The van der Waals surface area contributed by atoms with Crippen LogP contribution in [0.5, 0.6) is 11.5 Å². The van der Waals surface area contributed by atoms with Gasteiger partial charge < -0.3 is 19.7 Å². The second-order valence-corrected chi connectivity index (χ2v) is 7.10. The molecule has 1 atom stereocenters. The molecule has 0 aromatic heterocycles. The second kappa shape index (κ2) is 8.78. The molecule has 6 nitrogen and oxygen atoms in total. The summed E-state index contributed by atoms with van der Waals surface area (Å²) in [5, 5.41) is 2.92. The van der Waals surface area contributed by atoms with E-state index in [1.54, 1.807) is 12.0 Å². The first-order valence-electron chi connectivity index (χ1n) is 9.44. The van der Waals surface area contributed by atoms with E-state index in [9.17, 15) is 9.59 Å². The summed E-state index contributed by atoms with van der Waals surface area (Å²) in [6.07, 6.45) is 0.303. The molecule has 3 rings (SSSR count). The Labute approximate surface area is 165 Å². The third kappa shape index (κ3) is 4.63. The highest BCUT2D eigenvalue weighted by atomic mass is 16.5. The van der Waals surface area contributed by atoms with Gasteiger partial charge in [0.2, 0.25) is 11.8 Å². The SMILES string of the molecule is COc1ccccc1CNC(=O)[C@H]1CC(=O)N(c2ccc(OC(C)C)cc2)C1. The molecule has 148 valence electrons. The van der Waals surface area contributed by atoms with Crippen molar-refractivity contribution in [3.63, 3.8) is 0 Å². The quantitative estimate of drug-likeness (QED) is 0.799. The fourth-order valence-electron chi connectivity index (χ4n) is 3.29. The number of ether oxygens (including phenoxy) is 2. The minimum absolute atomic E-state index is 0.0463. The molecule has 1 N–H and O–H groups in total. The van der Waals surface area contributed by atoms with Crippen LogP contribution in [0.25, 0.3) is 0 Å². The average Bonchev–Trinajstić information content (AvgIpc) is 3.08. The number of nitrogens with one attached hydrogen (secondary N) is 1. The lowest BCUT2D eigenvalue weighted by molar-refractivity contribution is -0.126. The predicted octanol–water partition coefficient (Wildman–Crippen LogP) is 3.15. The van der Waals surface area contributed by atoms with Crippen molar-refractivity contribution in [3.8, 4) is 11.5 Å². The van der Waals surface area contributed by atoms with E-state index in [1.165, 1.54) is 0 Å². The lowest BCUT2D eigenvalue weighted by Crippen LogP contribution is -2.32. The first-order chi connectivity index (χ1) is 13.5. The van der Waals surface area contributed by atoms with Crippen molar-refractivity contribution in [2.24, 2.45) is 5.92 Å². The second-order valence-electron chi connectivity index (χ2n) is 7.10. The molecule has 1 aliphatic rings. The Morgan fingerprint density at radius 1 is 1.18 bits per heavy atom. The number of carbonyl (C=O) groups is 2. The molecule has 0 radical (unpaired) electrons. The monoisotopic (exact) mass is 382 g/mol. The molecule has 0 unspecified atom stereocenters. The van der Waals surface area contributed by atoms with Crippen LogP contribution >= 0.6 is 0 Å². The molecule has 1 heterocycles. The van der Waals surface area contributed by atoms with Crippen LogP contribution in [0.2, 0.25) is 0 Å². The van der Waals surface area contributed by atoms with E-state index >= 15 is 0 Å². The van der Waals surface area contributed by atoms with Gasteiger partial charge in [-0.15, -0.1) is 0 Å². The summed E-state index contributed by atoms with van der Waals surface area (Å²) in [5.74, 6) is 0.956. The van der Waals surface area contributed by atoms with Crippen LogP contribution in [0, 0.1) is 5.92 Å². The Morgan fingerprint density at radius 2 is 1.89 bits per heavy atom. The Hall–Kier alpha value is -3.02. The lowest BCUT2D eigenvalue weighted by atomic mass is 10.1. The molecule has 6 heteroatoms. The maximum atomic E-state index is 12.6. The normalized spacial score (nSPS) is 16.4. The minimum atomic E-state index is -0.367. The van der Waals surface area contributed by atoms with Crippen molar-refractivity contribution in [2.45, 2.75) is 32.9 Å². The zero-order valence-electron chi connectivity index (χ0n) is 16.5. The zero-order valence-corrected chi connectivity index (χ0v) is 16.5. The van der Waals surface area contributed by atoms with E-state index in [0.717, 1.165) is 22.7 Å². The number of nitrogens with zero attached hydrogens (tertiary/aromatic N) is 1. The largest absolute Gasteiger partial charge is 0.496 e. The molecule has 2 aromatic rings. The summed E-state index contributed by atoms with van der Waals surface area (Å²) in [4.78, 5) is 26.6. The fraction of sp³-hybridized carbons (Fsp3) is 0.364. The Bertz CT molecular complexity index is 833. The minimum Gasteiger partial charge on any atom is -0.496 e. The van der Waals surface area contributed by atoms with Crippen LogP contribution < -0.4 is 19.7 Å². The van der Waals surface area contributed by atoms with E-state index in [2.05, 4.69) is 5.32 Å². The van der Waals surface area contributed by atoms with Crippen molar-refractivity contribution in [2.75, 3.05) is 18.6 Å². The van der Waals surface area contributed by atoms with Gasteiger partial charge in [0.05, 0.1) is 19.1 Å². The number of amides is 2. The summed E-state index contributed by atoms with van der Waals surface area (Å²) in [7, 11) is 1.60. The lowest BCUT2D eigenvalue weighted by Gasteiger charge is -2.18. The molecule has 1 aliphatic heterocycles. The van der Waals surface area contributed by atoms with Crippen LogP contribution in [0.3, 0.4) is 0 Å². The van der Waals surface area contributed by atoms with Gasteiger partial charge in [-0.25, -0.2) is 0 Å². The van der Waals surface area contributed by atoms with Gasteiger partial charge >= 0.3 is 0 Å². The molecular weight excluding hydrogens is 356 g/mol. The summed E-state index contributed by atoms with van der Waals surface area (Å²) in [5.41, 5.74) is 1.68. The van der Waals surface area contributed by atoms with Crippen molar-refractivity contribution in [1.82, 2.24) is 5.32 Å². The van der Waals surface area contributed by atoms with Crippen molar-refractivity contribution >= 4 is 17.5 Å². The van der Waals surface area contributed by atoms with Gasteiger partial charge in [-0.2, -0.15) is 0 Å². The van der Waals surface area contributed by atoms with Gasteiger partial charge in [0.1, 0.15) is 11.5 Å². The molecule has 2 amide bonds. The van der Waals surface area contributed by atoms with Crippen LogP contribution in [0.4, 0.5) is 5.69 Å². The summed E-state index contributed by atoms with van der Waals surface area (Å²) < 4.78 is 10.9. The van der Waals surface area contributed by atoms with Crippen LogP contribution in [0.1, 0.15) is 25.8 Å². The fourth-order valence-corrected chi connectivity index (χ4v) is 3.29. The number of rotatable bonds is 7. The molecule has 1 saturated heterocycles. The van der Waals surface area contributed by atoms with E-state index in [-0.39, 0.29) is 30.3 Å². The number of hydrogen-bond acceptors (Lipinski definition) is 4. The maximum Gasteiger partial charge on any atom is 0.227 e. The number of anilines is 1. The zero-order chi connectivity index (χ0) is 20.1. The number of para-hydroxylation sites is 1. The molecule has 1 fully saturated rings. The average molecular weight is 382 g/mol. The van der Waals surface area contributed by atoms with Crippen molar-refractivity contribution < 1.29 is 19.1 Å². The molecule has 0 saturated carbocycles. The van der Waals surface area contributed by atoms with Crippen LogP contribution in [-0.2, 0) is 16.1 Å². The molecule has 28 heavy (non-hydrogen) atoms. The Kier molecular flexibility index (Phi) is 6.19. The van der Waals surface area contributed by atoms with Crippen molar-refractivity contribution in [1.29, 1.82) is 0 Å². The topological polar surface area (TPSA) is 67.9 Å². The van der Waals surface area contributed by atoms with Gasteiger partial charge in [-0.1, -0.05) is 18.2 Å². The first kappa shape index (κ1) is 19.7. The van der Waals surface area contributed by atoms with Gasteiger partial charge in [0.25, 0.3) is 0 Å². The predicted molar refractivity (Wildman–Crippen MR) is 108 cm³/mol. The summed E-state index contributed by atoms with van der Waals surface area (Å²) in [6, 6.07) is 14.9. The highest BCUT2D eigenvalue weighted by molar-refractivity contribution is 6.00. The number of carbonyl (C=O) groups excluding carboxylic acids is 2. The molecule has 0 spiro atoms. The Balaban J connectivity index is 1.59. The van der Waals surface area contributed by atoms with E-state index in [1.807, 2.05) is 62.4 Å².